The van der Waals surface area contributed by atoms with E-state index in [4.69, 9.17) is 11.6 Å². The summed E-state index contributed by atoms with van der Waals surface area (Å²) in [6.45, 7) is 2.65. The number of nitro groups is 1. The second-order valence-electron chi connectivity index (χ2n) is 8.44. The van der Waals surface area contributed by atoms with E-state index in [2.05, 4.69) is 10.6 Å². The molecule has 0 aromatic heterocycles. The molecule has 0 spiro atoms. The number of halogens is 1. The zero-order valence-corrected chi connectivity index (χ0v) is 19.9. The van der Waals surface area contributed by atoms with Gasteiger partial charge >= 0.3 is 0 Å². The highest BCUT2D eigenvalue weighted by atomic mass is 35.5. The Morgan fingerprint density at radius 2 is 1.89 bits per heavy atom. The summed E-state index contributed by atoms with van der Waals surface area (Å²) in [4.78, 5) is 38.2. The van der Waals surface area contributed by atoms with Gasteiger partial charge < -0.3 is 15.5 Å². The summed E-state index contributed by atoms with van der Waals surface area (Å²) in [7, 11) is 0. The van der Waals surface area contributed by atoms with Crippen LogP contribution in [0.4, 0.5) is 17.1 Å². The summed E-state index contributed by atoms with van der Waals surface area (Å²) >= 11 is 6.42. The maximum atomic E-state index is 13.1. The van der Waals surface area contributed by atoms with Crippen molar-refractivity contribution in [2.75, 3.05) is 17.2 Å². The van der Waals surface area contributed by atoms with Crippen LogP contribution in [-0.2, 0) is 11.3 Å². The fourth-order valence-corrected chi connectivity index (χ4v) is 4.44. The maximum absolute atomic E-state index is 13.1. The van der Waals surface area contributed by atoms with Crippen molar-refractivity contribution in [3.63, 3.8) is 0 Å². The zero-order valence-electron chi connectivity index (χ0n) is 19.2. The molecule has 1 aliphatic heterocycles. The van der Waals surface area contributed by atoms with Crippen LogP contribution in [0, 0.1) is 17.0 Å². The fraction of sp³-hybridized carbons (Fsp3) is 0.231. The number of carbonyl (C=O) groups is 2. The van der Waals surface area contributed by atoms with E-state index in [-0.39, 0.29) is 17.5 Å². The quantitative estimate of drug-likeness (QED) is 0.339. The van der Waals surface area contributed by atoms with Gasteiger partial charge in [0.15, 0.2) is 0 Å². The van der Waals surface area contributed by atoms with Crippen LogP contribution >= 0.6 is 11.6 Å². The van der Waals surface area contributed by atoms with Crippen LogP contribution in [0.1, 0.15) is 34.3 Å². The van der Waals surface area contributed by atoms with Gasteiger partial charge in [-0.1, -0.05) is 41.9 Å². The lowest BCUT2D eigenvalue weighted by Crippen LogP contribution is -2.43. The Labute approximate surface area is 208 Å². The molecule has 1 unspecified atom stereocenters. The molecule has 1 aliphatic rings. The number of aryl methyl sites for hydroxylation is 1. The van der Waals surface area contributed by atoms with Gasteiger partial charge in [0, 0.05) is 36.0 Å². The van der Waals surface area contributed by atoms with Gasteiger partial charge in [-0.05, 0) is 55.7 Å². The van der Waals surface area contributed by atoms with E-state index in [9.17, 15) is 19.7 Å². The van der Waals surface area contributed by atoms with Crippen LogP contribution in [0.2, 0.25) is 5.02 Å². The normalized spacial score (nSPS) is 15.0. The molecule has 0 aliphatic carbocycles. The number of likely N-dealkylation sites (tertiary alicyclic amines) is 1. The second kappa shape index (κ2) is 10.6. The Morgan fingerprint density at radius 1 is 1.11 bits per heavy atom. The van der Waals surface area contributed by atoms with Gasteiger partial charge in [0.05, 0.1) is 15.6 Å². The first-order valence-corrected chi connectivity index (χ1v) is 11.7. The largest absolute Gasteiger partial charge is 0.380 e. The molecule has 3 aromatic carbocycles. The lowest BCUT2D eigenvalue weighted by Gasteiger charge is -2.24. The van der Waals surface area contributed by atoms with E-state index in [0.717, 1.165) is 11.3 Å². The second-order valence-corrected chi connectivity index (χ2v) is 8.85. The Kier molecular flexibility index (Phi) is 7.31. The predicted octanol–water partition coefficient (Wildman–Crippen LogP) is 5.41. The summed E-state index contributed by atoms with van der Waals surface area (Å²) in [6, 6.07) is 18.8. The molecule has 0 saturated carbocycles. The van der Waals surface area contributed by atoms with Crippen molar-refractivity contribution in [2.24, 2.45) is 0 Å². The Bertz CT molecular complexity index is 1270. The Balaban J connectivity index is 1.41. The number of nitro benzene ring substituents is 1. The third-order valence-corrected chi connectivity index (χ3v) is 6.33. The molecule has 4 rings (SSSR count). The third kappa shape index (κ3) is 5.60. The molecule has 3 aromatic rings. The Hall–Kier alpha value is -3.91. The molecule has 8 nitrogen and oxygen atoms in total. The van der Waals surface area contributed by atoms with E-state index in [0.29, 0.717) is 47.8 Å². The molecule has 0 bridgehead atoms. The number of nitrogens with zero attached hydrogens (tertiary/aromatic N) is 2. The number of anilines is 2. The maximum Gasteiger partial charge on any atom is 0.272 e. The van der Waals surface area contributed by atoms with Crippen LogP contribution in [0.25, 0.3) is 0 Å². The first-order chi connectivity index (χ1) is 16.8. The molecule has 2 amide bonds. The number of benzene rings is 3. The summed E-state index contributed by atoms with van der Waals surface area (Å²) in [5.41, 5.74) is 3.09. The van der Waals surface area contributed by atoms with Crippen molar-refractivity contribution in [2.45, 2.75) is 32.4 Å². The van der Waals surface area contributed by atoms with Gasteiger partial charge in [-0.2, -0.15) is 0 Å². The third-order valence-electron chi connectivity index (χ3n) is 6.02. The van der Waals surface area contributed by atoms with E-state index >= 15 is 0 Å². The lowest BCUT2D eigenvalue weighted by atomic mass is 10.1. The lowest BCUT2D eigenvalue weighted by molar-refractivity contribution is -0.385. The molecule has 9 heteroatoms. The molecule has 1 fully saturated rings. The minimum atomic E-state index is -0.632. The van der Waals surface area contributed by atoms with Crippen LogP contribution in [-0.4, -0.2) is 34.2 Å². The standard InChI is InChI=1S/C26H25ClN4O4/c1-17-14-19(9-12-23(17)31(34)35)26(33)30-13-5-8-24(30)25(32)29-20-10-11-22(21(27)15-20)28-16-18-6-3-2-4-7-18/h2-4,6-7,9-12,14-15,24,28H,5,8,13,16H2,1H3,(H,29,32). The molecule has 180 valence electrons. The molecule has 1 heterocycles. The summed E-state index contributed by atoms with van der Waals surface area (Å²) in [5.74, 6) is -0.616. The average molecular weight is 493 g/mol. The van der Waals surface area contributed by atoms with Gasteiger partial charge in [0.2, 0.25) is 5.91 Å². The first kappa shape index (κ1) is 24.2. The first-order valence-electron chi connectivity index (χ1n) is 11.3. The van der Waals surface area contributed by atoms with E-state index < -0.39 is 11.0 Å². The van der Waals surface area contributed by atoms with Crippen LogP contribution < -0.4 is 10.6 Å². The minimum Gasteiger partial charge on any atom is -0.380 e. The number of amides is 2. The highest BCUT2D eigenvalue weighted by molar-refractivity contribution is 6.33. The van der Waals surface area contributed by atoms with Crippen molar-refractivity contribution < 1.29 is 14.5 Å². The van der Waals surface area contributed by atoms with Crippen LogP contribution in [0.5, 0.6) is 0 Å². The van der Waals surface area contributed by atoms with E-state index in [1.807, 2.05) is 30.3 Å². The molecule has 1 atom stereocenters. The topological polar surface area (TPSA) is 105 Å². The number of rotatable bonds is 7. The number of nitrogens with one attached hydrogen (secondary N) is 2. The zero-order chi connectivity index (χ0) is 24.9. The molecule has 35 heavy (non-hydrogen) atoms. The van der Waals surface area contributed by atoms with Crippen molar-refractivity contribution in [3.05, 3.63) is 98.6 Å². The number of carbonyl (C=O) groups excluding carboxylic acids is 2. The minimum absolute atomic E-state index is 0.0455. The van der Waals surface area contributed by atoms with E-state index in [1.54, 1.807) is 25.1 Å². The molecule has 1 saturated heterocycles. The highest BCUT2D eigenvalue weighted by Gasteiger charge is 2.35. The van der Waals surface area contributed by atoms with Crippen molar-refractivity contribution in [1.29, 1.82) is 0 Å². The smallest absolute Gasteiger partial charge is 0.272 e. The molecular formula is C26H25ClN4O4. The van der Waals surface area contributed by atoms with Crippen LogP contribution in [0.3, 0.4) is 0 Å². The van der Waals surface area contributed by atoms with Crippen molar-refractivity contribution in [3.8, 4) is 0 Å². The van der Waals surface area contributed by atoms with Gasteiger partial charge in [-0.3, -0.25) is 19.7 Å². The average Bonchev–Trinajstić information content (AvgIpc) is 3.33. The van der Waals surface area contributed by atoms with Gasteiger partial charge in [-0.15, -0.1) is 0 Å². The summed E-state index contributed by atoms with van der Waals surface area (Å²) < 4.78 is 0. The van der Waals surface area contributed by atoms with Crippen molar-refractivity contribution in [1.82, 2.24) is 4.90 Å². The molecule has 2 N–H and O–H groups in total. The van der Waals surface area contributed by atoms with Gasteiger partial charge in [0.1, 0.15) is 6.04 Å². The number of hydrogen-bond acceptors (Lipinski definition) is 5. The summed E-state index contributed by atoms with van der Waals surface area (Å²) in [5, 5.41) is 17.7. The van der Waals surface area contributed by atoms with Crippen LogP contribution in [0.15, 0.2) is 66.7 Å². The fourth-order valence-electron chi connectivity index (χ4n) is 4.20. The summed E-state index contributed by atoms with van der Waals surface area (Å²) in [6.07, 6.45) is 1.23. The van der Waals surface area contributed by atoms with Crippen molar-refractivity contribution >= 4 is 40.5 Å². The Morgan fingerprint density at radius 3 is 2.57 bits per heavy atom. The van der Waals surface area contributed by atoms with Gasteiger partial charge in [0.25, 0.3) is 11.6 Å². The monoisotopic (exact) mass is 492 g/mol. The molecule has 0 radical (unpaired) electrons. The van der Waals surface area contributed by atoms with E-state index in [1.165, 1.54) is 23.1 Å². The van der Waals surface area contributed by atoms with Gasteiger partial charge in [-0.25, -0.2) is 0 Å². The molecular weight excluding hydrogens is 468 g/mol. The number of hydrogen-bond donors (Lipinski definition) is 2. The predicted molar refractivity (Wildman–Crippen MR) is 136 cm³/mol. The highest BCUT2D eigenvalue weighted by Crippen LogP contribution is 2.28. The SMILES string of the molecule is Cc1cc(C(=O)N2CCCC2C(=O)Nc2ccc(NCc3ccccc3)c(Cl)c2)ccc1[N+](=O)[O-].